The fraction of sp³-hybridized carbons (Fsp3) is 0.250. The van der Waals surface area contributed by atoms with Crippen LogP contribution in [-0.2, 0) is 10.0 Å². The number of sulfonamides is 1. The predicted molar refractivity (Wildman–Crippen MR) is 101 cm³/mol. The first kappa shape index (κ1) is 19.5. The number of nitrogens with zero attached hydrogens (tertiary/aromatic N) is 3. The van der Waals surface area contributed by atoms with Crippen LogP contribution in [0.4, 0.5) is 22.1 Å². The Morgan fingerprint density at radius 3 is 2.61 bits per heavy atom. The largest absolute Gasteiger partial charge is 0.365 e. The minimum Gasteiger partial charge on any atom is -0.358 e. The number of hydrogen-bond donors (Lipinski definition) is 3. The van der Waals surface area contributed by atoms with Gasteiger partial charge >= 0.3 is 11.8 Å². The van der Waals surface area contributed by atoms with Crippen molar-refractivity contribution in [2.45, 2.75) is 17.4 Å². The number of nitrogens with two attached hydrogens (primary N) is 1. The Labute approximate surface area is 160 Å². The summed E-state index contributed by atoms with van der Waals surface area (Å²) in [7, 11) is -3.79. The molecule has 1 atom stereocenters. The van der Waals surface area contributed by atoms with Crippen LogP contribution in [0.15, 0.2) is 47.4 Å². The highest BCUT2D eigenvalue weighted by Crippen LogP contribution is 2.21. The number of hydrogen-bond acceptors (Lipinski definition) is 7. The molecular weight excluding hydrogens is 388 g/mol. The van der Waals surface area contributed by atoms with Gasteiger partial charge in [-0.2, -0.15) is 0 Å². The molecular formula is C16H18N6O5S. The molecule has 4 N–H and O–H groups in total. The molecule has 2 amide bonds. The maximum atomic E-state index is 12.1. The number of aromatic nitrogens is 1. The summed E-state index contributed by atoms with van der Waals surface area (Å²) >= 11 is 0. The second-order valence-electron chi connectivity index (χ2n) is 6.21. The first-order chi connectivity index (χ1) is 13.2. The first-order valence-electron chi connectivity index (χ1n) is 8.29. The van der Waals surface area contributed by atoms with Gasteiger partial charge in [0.2, 0.25) is 15.8 Å². The number of pyridine rings is 1. The normalized spacial score (nSPS) is 16.6. The molecule has 0 bridgehead atoms. The number of nitro groups is 1. The van der Waals surface area contributed by atoms with Crippen LogP contribution in [0.2, 0.25) is 0 Å². The van der Waals surface area contributed by atoms with E-state index in [0.717, 1.165) is 0 Å². The van der Waals surface area contributed by atoms with Gasteiger partial charge in [0.25, 0.3) is 0 Å². The molecule has 2 aromatic rings. The highest BCUT2D eigenvalue weighted by Gasteiger charge is 2.27. The molecule has 12 heteroatoms. The summed E-state index contributed by atoms with van der Waals surface area (Å²) < 4.78 is 22.5. The smallest absolute Gasteiger partial charge is 0.358 e. The number of primary sulfonamides is 1. The zero-order valence-electron chi connectivity index (χ0n) is 14.6. The van der Waals surface area contributed by atoms with Gasteiger partial charge in [-0.05, 0) is 46.7 Å². The van der Waals surface area contributed by atoms with E-state index in [4.69, 9.17) is 5.14 Å². The van der Waals surface area contributed by atoms with Gasteiger partial charge in [-0.15, -0.1) is 0 Å². The van der Waals surface area contributed by atoms with Crippen LogP contribution in [0.1, 0.15) is 6.42 Å². The van der Waals surface area contributed by atoms with Crippen molar-refractivity contribution in [1.82, 2.24) is 10.3 Å². The monoisotopic (exact) mass is 406 g/mol. The quantitative estimate of drug-likeness (QED) is 0.494. The second-order valence-corrected chi connectivity index (χ2v) is 7.77. The number of nitrogens with one attached hydrogen (secondary N) is 2. The number of rotatable bonds is 5. The summed E-state index contributed by atoms with van der Waals surface area (Å²) in [6.45, 7) is 1.06. The fourth-order valence-electron chi connectivity index (χ4n) is 2.86. The highest BCUT2D eigenvalue weighted by atomic mass is 32.2. The lowest BCUT2D eigenvalue weighted by Crippen LogP contribution is -2.39. The highest BCUT2D eigenvalue weighted by molar-refractivity contribution is 7.89. The SMILES string of the molecule is NS(=O)(=O)c1ccc(NC(=O)N[C@@H]2CCN(c3cccc([N+](=O)[O-])n3)C2)cc1. The van der Waals surface area contributed by atoms with Crippen molar-refractivity contribution in [3.05, 3.63) is 52.6 Å². The molecule has 0 aliphatic carbocycles. The molecule has 0 unspecified atom stereocenters. The second kappa shape index (κ2) is 7.78. The maximum absolute atomic E-state index is 12.1. The van der Waals surface area contributed by atoms with Crippen LogP contribution in [0.5, 0.6) is 0 Å². The van der Waals surface area contributed by atoms with Crippen molar-refractivity contribution < 1.29 is 18.1 Å². The van der Waals surface area contributed by atoms with Gasteiger partial charge in [-0.3, -0.25) is 0 Å². The van der Waals surface area contributed by atoms with E-state index < -0.39 is 21.0 Å². The van der Waals surface area contributed by atoms with Crippen molar-refractivity contribution in [3.63, 3.8) is 0 Å². The topological polar surface area (TPSA) is 161 Å². The van der Waals surface area contributed by atoms with Crippen molar-refractivity contribution in [1.29, 1.82) is 0 Å². The molecule has 28 heavy (non-hydrogen) atoms. The van der Waals surface area contributed by atoms with E-state index in [1.807, 2.05) is 4.90 Å². The average molecular weight is 406 g/mol. The van der Waals surface area contributed by atoms with Crippen molar-refractivity contribution in [2.75, 3.05) is 23.3 Å². The standard InChI is InChI=1S/C16H18N6O5S/c17-28(26,27)13-6-4-11(5-7-13)18-16(23)19-12-8-9-21(10-12)14-2-1-3-15(20-14)22(24)25/h1-7,12H,8-10H2,(H2,17,26,27)(H2,18,19,23)/t12-/m1/s1. The van der Waals surface area contributed by atoms with E-state index in [0.29, 0.717) is 31.0 Å². The molecule has 1 fully saturated rings. The summed E-state index contributed by atoms with van der Waals surface area (Å²) in [6, 6.07) is 9.45. The van der Waals surface area contributed by atoms with E-state index in [9.17, 15) is 23.3 Å². The molecule has 1 aliphatic rings. The Hall–Kier alpha value is -3.25. The third kappa shape index (κ3) is 4.72. The molecule has 0 spiro atoms. The molecule has 1 aromatic heterocycles. The van der Waals surface area contributed by atoms with E-state index in [1.54, 1.807) is 12.1 Å². The number of amides is 2. The Morgan fingerprint density at radius 2 is 1.96 bits per heavy atom. The molecule has 0 radical (unpaired) electrons. The molecule has 2 heterocycles. The predicted octanol–water partition coefficient (Wildman–Crippen LogP) is 1.04. The van der Waals surface area contributed by atoms with Gasteiger partial charge in [0.05, 0.1) is 4.90 Å². The molecule has 1 saturated heterocycles. The summed E-state index contributed by atoms with van der Waals surface area (Å²) in [5.74, 6) is 0.257. The van der Waals surface area contributed by atoms with Gasteiger partial charge in [0, 0.05) is 37.0 Å². The Bertz CT molecular complexity index is 995. The molecule has 0 saturated carbocycles. The molecule has 1 aromatic carbocycles. The van der Waals surface area contributed by atoms with Gasteiger partial charge in [0.15, 0.2) is 0 Å². The summed E-state index contributed by atoms with van der Waals surface area (Å²) in [4.78, 5) is 28.3. The van der Waals surface area contributed by atoms with Crippen LogP contribution in [0, 0.1) is 10.1 Å². The average Bonchev–Trinajstić information content (AvgIpc) is 3.10. The lowest BCUT2D eigenvalue weighted by Gasteiger charge is -2.16. The summed E-state index contributed by atoms with van der Waals surface area (Å²) in [5.41, 5.74) is 0.417. The van der Waals surface area contributed by atoms with Gasteiger partial charge in [-0.25, -0.2) is 18.4 Å². The number of carbonyl (C=O) groups is 1. The van der Waals surface area contributed by atoms with Gasteiger partial charge in [-0.1, -0.05) is 0 Å². The van der Waals surface area contributed by atoms with Crippen LogP contribution in [0.25, 0.3) is 0 Å². The third-order valence-electron chi connectivity index (χ3n) is 4.19. The van der Waals surface area contributed by atoms with Gasteiger partial charge < -0.3 is 25.6 Å². The summed E-state index contributed by atoms with van der Waals surface area (Å²) in [6.07, 6.45) is 0.655. The minimum atomic E-state index is -3.79. The van der Waals surface area contributed by atoms with Crippen LogP contribution in [0.3, 0.4) is 0 Å². The number of anilines is 2. The zero-order valence-corrected chi connectivity index (χ0v) is 15.4. The molecule has 148 valence electrons. The Kier molecular flexibility index (Phi) is 5.42. The van der Waals surface area contributed by atoms with E-state index in [2.05, 4.69) is 15.6 Å². The zero-order chi connectivity index (χ0) is 20.3. The molecule has 3 rings (SSSR count). The lowest BCUT2D eigenvalue weighted by atomic mass is 10.3. The van der Waals surface area contributed by atoms with E-state index >= 15 is 0 Å². The first-order valence-corrected chi connectivity index (χ1v) is 9.84. The van der Waals surface area contributed by atoms with Crippen LogP contribution < -0.4 is 20.7 Å². The van der Waals surface area contributed by atoms with Crippen LogP contribution in [-0.4, -0.2) is 43.5 Å². The molecule has 11 nitrogen and oxygen atoms in total. The lowest BCUT2D eigenvalue weighted by molar-refractivity contribution is -0.389. The number of urea groups is 1. The fourth-order valence-corrected chi connectivity index (χ4v) is 3.37. The van der Waals surface area contributed by atoms with E-state index in [-0.39, 0.29) is 16.8 Å². The van der Waals surface area contributed by atoms with Gasteiger partial charge in [0.1, 0.15) is 0 Å². The summed E-state index contributed by atoms with van der Waals surface area (Å²) in [5, 5.41) is 21.3. The van der Waals surface area contributed by atoms with E-state index in [1.165, 1.54) is 30.3 Å². The number of carbonyl (C=O) groups excluding carboxylic acids is 1. The maximum Gasteiger partial charge on any atom is 0.365 e. The minimum absolute atomic E-state index is 0.0469. The number of benzene rings is 1. The Morgan fingerprint density at radius 1 is 1.25 bits per heavy atom. The van der Waals surface area contributed by atoms with Crippen molar-refractivity contribution in [2.24, 2.45) is 5.14 Å². The van der Waals surface area contributed by atoms with Crippen molar-refractivity contribution in [3.8, 4) is 0 Å². The van der Waals surface area contributed by atoms with Crippen LogP contribution >= 0.6 is 0 Å². The Balaban J connectivity index is 1.56. The van der Waals surface area contributed by atoms with Crippen molar-refractivity contribution >= 4 is 33.4 Å². The molecule has 1 aliphatic heterocycles. The third-order valence-corrected chi connectivity index (χ3v) is 5.12.